The monoisotopic (exact) mass is 264 g/mol. The minimum absolute atomic E-state index is 0.170. The van der Waals surface area contributed by atoms with Crippen molar-refractivity contribution in [3.8, 4) is 0 Å². The van der Waals surface area contributed by atoms with Crippen molar-refractivity contribution < 1.29 is 14.7 Å². The third-order valence-corrected chi connectivity index (χ3v) is 2.37. The van der Waals surface area contributed by atoms with Gasteiger partial charge in [0.25, 0.3) is 5.91 Å². The van der Waals surface area contributed by atoms with Crippen molar-refractivity contribution in [1.82, 2.24) is 30.1 Å². The molecule has 2 aromatic rings. The highest BCUT2D eigenvalue weighted by Gasteiger charge is 2.10. The predicted molar refractivity (Wildman–Crippen MR) is 62.0 cm³/mol. The van der Waals surface area contributed by atoms with Crippen LogP contribution in [0.3, 0.4) is 0 Å². The van der Waals surface area contributed by atoms with Crippen LogP contribution >= 0.6 is 0 Å². The minimum Gasteiger partial charge on any atom is -0.480 e. The highest BCUT2D eigenvalue weighted by Crippen LogP contribution is 1.98. The second kappa shape index (κ2) is 5.29. The largest absolute Gasteiger partial charge is 0.480 e. The van der Waals surface area contributed by atoms with Gasteiger partial charge in [0.05, 0.1) is 12.7 Å². The molecule has 0 saturated heterocycles. The van der Waals surface area contributed by atoms with Gasteiger partial charge in [-0.05, 0) is 6.07 Å². The molecule has 2 heterocycles. The Bertz CT molecular complexity index is 602. The molecule has 2 rings (SSSR count). The van der Waals surface area contributed by atoms with Crippen LogP contribution in [0.5, 0.6) is 0 Å². The summed E-state index contributed by atoms with van der Waals surface area (Å²) in [6.45, 7) is -0.0910. The molecule has 0 fully saturated rings. The van der Waals surface area contributed by atoms with Crippen LogP contribution in [-0.2, 0) is 24.9 Å². The van der Waals surface area contributed by atoms with E-state index in [1.165, 1.54) is 21.8 Å². The summed E-state index contributed by atoms with van der Waals surface area (Å²) in [6.07, 6.45) is 3.00. The van der Waals surface area contributed by atoms with Gasteiger partial charge >= 0.3 is 5.97 Å². The van der Waals surface area contributed by atoms with E-state index in [0.717, 1.165) is 0 Å². The number of carbonyl (C=O) groups excluding carboxylic acids is 1. The van der Waals surface area contributed by atoms with Crippen molar-refractivity contribution in [3.05, 3.63) is 29.8 Å². The first kappa shape index (κ1) is 12.7. The van der Waals surface area contributed by atoms with E-state index in [-0.39, 0.29) is 19.0 Å². The number of rotatable bonds is 5. The van der Waals surface area contributed by atoms with Crippen LogP contribution in [0.4, 0.5) is 0 Å². The van der Waals surface area contributed by atoms with E-state index in [4.69, 9.17) is 5.11 Å². The number of hydrogen-bond acceptors (Lipinski definition) is 5. The summed E-state index contributed by atoms with van der Waals surface area (Å²) in [5.41, 5.74) is 0.912. The molecule has 1 amide bonds. The Morgan fingerprint density at radius 2 is 2.26 bits per heavy atom. The van der Waals surface area contributed by atoms with Gasteiger partial charge in [-0.3, -0.25) is 14.3 Å². The van der Waals surface area contributed by atoms with Crippen LogP contribution in [0.25, 0.3) is 0 Å². The van der Waals surface area contributed by atoms with Crippen molar-refractivity contribution in [1.29, 1.82) is 0 Å². The van der Waals surface area contributed by atoms with Crippen LogP contribution < -0.4 is 5.32 Å². The summed E-state index contributed by atoms with van der Waals surface area (Å²) < 4.78 is 2.64. The quantitative estimate of drug-likeness (QED) is 0.717. The third-order valence-electron chi connectivity index (χ3n) is 2.37. The molecule has 0 aliphatic heterocycles. The maximum atomic E-state index is 11.8. The fourth-order valence-electron chi connectivity index (χ4n) is 1.49. The fraction of sp³-hybridized carbons (Fsp3) is 0.300. The Morgan fingerprint density at radius 3 is 2.89 bits per heavy atom. The smallest absolute Gasteiger partial charge is 0.325 e. The zero-order valence-electron chi connectivity index (χ0n) is 10.1. The lowest BCUT2D eigenvalue weighted by Crippen LogP contribution is -2.25. The van der Waals surface area contributed by atoms with Crippen molar-refractivity contribution >= 4 is 11.9 Å². The number of aromatic nitrogens is 5. The summed E-state index contributed by atoms with van der Waals surface area (Å²) in [5.74, 6) is -1.29. The average molecular weight is 264 g/mol. The molecule has 100 valence electrons. The molecule has 0 aromatic carbocycles. The molecule has 2 N–H and O–H groups in total. The van der Waals surface area contributed by atoms with Gasteiger partial charge in [0.2, 0.25) is 0 Å². The Balaban J connectivity index is 1.92. The molecule has 0 atom stereocenters. The molecular weight excluding hydrogens is 252 g/mol. The van der Waals surface area contributed by atoms with Crippen LogP contribution in [-0.4, -0.2) is 41.8 Å². The first-order chi connectivity index (χ1) is 9.06. The van der Waals surface area contributed by atoms with E-state index < -0.39 is 5.97 Å². The van der Waals surface area contributed by atoms with Gasteiger partial charge in [-0.2, -0.15) is 5.10 Å². The summed E-state index contributed by atoms with van der Waals surface area (Å²) >= 11 is 0. The SMILES string of the molecule is Cn1nccc1C(=O)NCc1cn(CC(=O)O)nn1. The molecule has 0 bridgehead atoms. The first-order valence-electron chi connectivity index (χ1n) is 5.43. The van der Waals surface area contributed by atoms with Gasteiger partial charge in [0, 0.05) is 13.2 Å². The summed E-state index contributed by atoms with van der Waals surface area (Å²) in [4.78, 5) is 22.2. The second-order valence-corrected chi connectivity index (χ2v) is 3.82. The van der Waals surface area contributed by atoms with Gasteiger partial charge in [-0.15, -0.1) is 5.10 Å². The van der Waals surface area contributed by atoms with E-state index in [1.807, 2.05) is 0 Å². The molecule has 0 unspecified atom stereocenters. The standard InChI is InChI=1S/C10H12N6O3/c1-15-8(2-3-12-15)10(19)11-4-7-5-16(14-13-7)6-9(17)18/h2-3,5H,4,6H2,1H3,(H,11,19)(H,17,18). The lowest BCUT2D eigenvalue weighted by Gasteiger charge is -2.02. The van der Waals surface area contributed by atoms with Crippen LogP contribution in [0.2, 0.25) is 0 Å². The molecule has 2 aromatic heterocycles. The van der Waals surface area contributed by atoms with E-state index >= 15 is 0 Å². The zero-order chi connectivity index (χ0) is 13.8. The summed E-state index contributed by atoms with van der Waals surface area (Å²) in [6, 6.07) is 1.59. The Labute approximate surface area is 107 Å². The number of nitrogens with zero attached hydrogens (tertiary/aromatic N) is 5. The number of carbonyl (C=O) groups is 2. The van der Waals surface area contributed by atoms with E-state index in [0.29, 0.717) is 11.4 Å². The number of amides is 1. The Kier molecular flexibility index (Phi) is 3.55. The summed E-state index contributed by atoms with van der Waals surface area (Å²) in [7, 11) is 1.66. The number of nitrogens with one attached hydrogen (secondary N) is 1. The molecule has 0 radical (unpaired) electrons. The molecule has 19 heavy (non-hydrogen) atoms. The number of aryl methyl sites for hydroxylation is 1. The van der Waals surface area contributed by atoms with E-state index in [2.05, 4.69) is 20.7 Å². The van der Waals surface area contributed by atoms with Gasteiger partial charge in [0.1, 0.15) is 17.9 Å². The van der Waals surface area contributed by atoms with Crippen molar-refractivity contribution in [2.45, 2.75) is 13.1 Å². The molecular formula is C10H12N6O3. The molecule has 0 saturated carbocycles. The molecule has 0 aliphatic carbocycles. The van der Waals surface area contributed by atoms with E-state index in [1.54, 1.807) is 13.1 Å². The lowest BCUT2D eigenvalue weighted by molar-refractivity contribution is -0.137. The predicted octanol–water partition coefficient (Wildman–Crippen LogP) is -0.974. The summed E-state index contributed by atoms with van der Waals surface area (Å²) in [5, 5.41) is 22.5. The number of carboxylic acids is 1. The van der Waals surface area contributed by atoms with Crippen LogP contribution in [0, 0.1) is 0 Å². The van der Waals surface area contributed by atoms with Crippen LogP contribution in [0.1, 0.15) is 16.2 Å². The van der Waals surface area contributed by atoms with Crippen molar-refractivity contribution in [2.24, 2.45) is 7.05 Å². The first-order valence-corrected chi connectivity index (χ1v) is 5.43. The topological polar surface area (TPSA) is 115 Å². The van der Waals surface area contributed by atoms with Gasteiger partial charge in [-0.1, -0.05) is 5.21 Å². The number of hydrogen-bond donors (Lipinski definition) is 2. The lowest BCUT2D eigenvalue weighted by atomic mass is 10.4. The maximum Gasteiger partial charge on any atom is 0.325 e. The van der Waals surface area contributed by atoms with Crippen molar-refractivity contribution in [2.75, 3.05) is 0 Å². The maximum absolute atomic E-state index is 11.8. The minimum atomic E-state index is -1.00. The zero-order valence-corrected chi connectivity index (χ0v) is 10.1. The second-order valence-electron chi connectivity index (χ2n) is 3.82. The number of aliphatic carboxylic acids is 1. The fourth-order valence-corrected chi connectivity index (χ4v) is 1.49. The van der Waals surface area contributed by atoms with Gasteiger partial charge in [-0.25, -0.2) is 4.68 Å². The Hall–Kier alpha value is -2.71. The average Bonchev–Trinajstić information content (AvgIpc) is 2.94. The van der Waals surface area contributed by atoms with Crippen LogP contribution in [0.15, 0.2) is 18.5 Å². The third kappa shape index (κ3) is 3.15. The highest BCUT2D eigenvalue weighted by atomic mass is 16.4. The molecule has 0 aliphatic rings. The van der Waals surface area contributed by atoms with Gasteiger partial charge in [0.15, 0.2) is 0 Å². The highest BCUT2D eigenvalue weighted by molar-refractivity contribution is 5.92. The number of carboxylic acid groups (broad SMARTS) is 1. The molecule has 9 nitrogen and oxygen atoms in total. The van der Waals surface area contributed by atoms with E-state index in [9.17, 15) is 9.59 Å². The molecule has 0 spiro atoms. The molecule has 9 heteroatoms. The normalized spacial score (nSPS) is 10.4. The van der Waals surface area contributed by atoms with Crippen molar-refractivity contribution in [3.63, 3.8) is 0 Å². The Morgan fingerprint density at radius 1 is 1.47 bits per heavy atom. The van der Waals surface area contributed by atoms with Gasteiger partial charge < -0.3 is 10.4 Å².